The second-order valence-electron chi connectivity index (χ2n) is 33.2. The Balaban J connectivity index is 0.000000134. The zero-order chi connectivity index (χ0) is 82.7. The molecule has 9 aliphatic rings. The van der Waals surface area contributed by atoms with E-state index in [1.54, 1.807) is 6.92 Å². The molecule has 19 heteroatoms. The minimum absolute atomic E-state index is 0.0336. The van der Waals surface area contributed by atoms with E-state index < -0.39 is 0 Å². The number of alkyl halides is 3. The van der Waals surface area contributed by atoms with E-state index in [9.17, 15) is 19.8 Å². The fourth-order valence-electron chi connectivity index (χ4n) is 20.3. The molecule has 4 atom stereocenters. The van der Waals surface area contributed by atoms with Crippen molar-refractivity contribution < 1.29 is 19.8 Å². The lowest BCUT2D eigenvalue weighted by molar-refractivity contribution is -0.125. The quantitative estimate of drug-likeness (QED) is 0.0733. The summed E-state index contributed by atoms with van der Waals surface area (Å²) in [6.45, 7) is 10.4. The molecular weight excluding hydrogens is 1870 g/mol. The van der Waals surface area contributed by atoms with Gasteiger partial charge in [-0.1, -0.05) is 327 Å². The van der Waals surface area contributed by atoms with E-state index >= 15 is 0 Å². The van der Waals surface area contributed by atoms with Crippen molar-refractivity contribution in [1.29, 1.82) is 5.26 Å². The molecule has 2 N–H and O–H groups in total. The fraction of sp³-hybridized carbons (Fsp3) is 0.412. The topological polar surface area (TPSA) is 105 Å². The average Bonchev–Trinajstić information content (AvgIpc) is 1.55. The van der Waals surface area contributed by atoms with Gasteiger partial charge in [-0.25, -0.2) is 0 Å². The first-order valence-electron chi connectivity index (χ1n) is 41.3. The monoisotopic (exact) mass is 1970 g/mol. The average molecular weight is 1980 g/mol. The molecule has 0 radical (unpaired) electrons. The van der Waals surface area contributed by atoms with Crippen LogP contribution in [0.15, 0.2) is 243 Å². The van der Waals surface area contributed by atoms with Crippen molar-refractivity contribution in [2.75, 3.05) is 29.1 Å². The lowest BCUT2D eigenvalue weighted by Crippen LogP contribution is -2.46. The Labute approximate surface area is 757 Å². The Morgan fingerprint density at radius 3 is 0.914 bits per heavy atom. The number of carbonyl (C=O) groups excluding carboxylic acids is 2. The summed E-state index contributed by atoms with van der Waals surface area (Å²) in [5.41, 5.74) is 11.4. The van der Waals surface area contributed by atoms with Gasteiger partial charge >= 0.3 is 0 Å². The second kappa shape index (κ2) is 42.6. The molecule has 0 unspecified atom stereocenters. The number of benzene rings is 9. The Hall–Kier alpha value is -4.37. The van der Waals surface area contributed by atoms with Crippen LogP contribution >= 0.6 is 134 Å². The maximum Gasteiger partial charge on any atom is 0.221 e. The molecule has 18 rings (SSSR count). The number of ketones is 2. The molecule has 4 saturated heterocycles. The van der Waals surface area contributed by atoms with Crippen molar-refractivity contribution in [3.05, 3.63) is 318 Å². The molecule has 7 nitrogen and oxygen atoms in total. The summed E-state index contributed by atoms with van der Waals surface area (Å²) in [4.78, 5) is 29.0. The first-order valence-corrected chi connectivity index (χ1v) is 50.3. The summed E-state index contributed by atoms with van der Waals surface area (Å²) < 4.78 is 0. The summed E-state index contributed by atoms with van der Waals surface area (Å²) in [6.07, 6.45) is 23.3. The number of Topliss-reactive ketones (excluding diaryl/α,β-unsaturated/α-hetero) is 2. The van der Waals surface area contributed by atoms with Gasteiger partial charge in [0.05, 0.1) is 39.9 Å². The van der Waals surface area contributed by atoms with Gasteiger partial charge in [-0.3, -0.25) is 9.59 Å². The van der Waals surface area contributed by atoms with E-state index in [1.165, 1.54) is 97.6 Å². The molecule has 9 aromatic rings. The third-order valence-corrected chi connectivity index (χ3v) is 30.5. The van der Waals surface area contributed by atoms with Gasteiger partial charge in [0.2, 0.25) is 13.7 Å². The number of hydrogen-bond donors (Lipinski definition) is 2. The first kappa shape index (κ1) is 92.4. The van der Waals surface area contributed by atoms with Crippen LogP contribution in [-0.4, -0.2) is 98.5 Å². The number of hydrogen-bond acceptors (Lipinski definition) is 7. The minimum atomic E-state index is -0.299. The lowest BCUT2D eigenvalue weighted by atomic mass is 9.54. The predicted molar refractivity (Wildman–Crippen MR) is 507 cm³/mol. The van der Waals surface area contributed by atoms with E-state index in [4.69, 9.17) is 63.3 Å². The molecule has 9 fully saturated rings. The molecule has 0 amide bonds. The van der Waals surface area contributed by atoms with Crippen molar-refractivity contribution in [2.45, 2.75) is 217 Å². The molecular formula is C97H107B2Br5Cl5N3O4. The van der Waals surface area contributed by atoms with Crippen LogP contribution in [0.4, 0.5) is 0 Å². The van der Waals surface area contributed by atoms with Crippen LogP contribution in [0.3, 0.4) is 0 Å². The highest BCUT2D eigenvalue weighted by Gasteiger charge is 2.57. The van der Waals surface area contributed by atoms with Crippen LogP contribution in [0.25, 0.3) is 0 Å². The number of aliphatic hydroxyl groups excluding tert-OH is 2. The second-order valence-corrected chi connectivity index (χ2v) is 37.3. The molecule has 0 aromatic heterocycles. The molecule has 610 valence electrons. The fourth-order valence-corrected chi connectivity index (χ4v) is 22.7. The van der Waals surface area contributed by atoms with E-state index in [1.807, 2.05) is 121 Å². The number of fused-ring (bicyclic) bond motifs is 2. The van der Waals surface area contributed by atoms with Crippen molar-refractivity contribution in [3.63, 3.8) is 0 Å². The number of nitrogens with zero attached hydrogens (tertiary/aromatic N) is 3. The van der Waals surface area contributed by atoms with Crippen LogP contribution < -0.4 is 0 Å². The van der Waals surface area contributed by atoms with Crippen LogP contribution in [0.1, 0.15) is 179 Å². The first-order chi connectivity index (χ1) is 56.1. The zero-order valence-corrected chi connectivity index (χ0v) is 78.5. The molecule has 0 bridgehead atoms. The van der Waals surface area contributed by atoms with Gasteiger partial charge in [0, 0.05) is 97.8 Å². The Morgan fingerprint density at radius 1 is 0.405 bits per heavy atom. The summed E-state index contributed by atoms with van der Waals surface area (Å²) in [7, 11) is 0. The van der Waals surface area contributed by atoms with Crippen molar-refractivity contribution in [2.24, 2.45) is 0 Å². The molecule has 5 aliphatic carbocycles. The lowest BCUT2D eigenvalue weighted by Gasteiger charge is -2.45. The maximum atomic E-state index is 11.9. The summed E-state index contributed by atoms with van der Waals surface area (Å²) >= 11 is 44.7. The van der Waals surface area contributed by atoms with E-state index in [0.29, 0.717) is 41.8 Å². The van der Waals surface area contributed by atoms with Gasteiger partial charge < -0.3 is 19.8 Å². The number of nitriles is 1. The van der Waals surface area contributed by atoms with Crippen molar-refractivity contribution >= 4 is 159 Å². The molecule has 0 spiro atoms. The molecule has 116 heavy (non-hydrogen) atoms. The van der Waals surface area contributed by atoms with Gasteiger partial charge in [0.25, 0.3) is 0 Å². The number of carbonyl (C=O) groups is 2. The number of halogens is 10. The highest BCUT2D eigenvalue weighted by Crippen LogP contribution is 2.55. The van der Waals surface area contributed by atoms with Gasteiger partial charge in [0.1, 0.15) is 5.78 Å². The van der Waals surface area contributed by atoms with Gasteiger partial charge in [0.15, 0.2) is 5.78 Å². The SMILES string of the molecule is BrBr.CB1CC(c2ccccc2)(c2ccccc2)[C@@H]2CCCN12.CB1CC(c2ccccc2)(c2ccccc2)[C@H]2CCCN12.CC(=O)C1(c2ccc(Cl)cc2)CCC1.N#CC1(c2ccc(Cl)cc2)CCC1.O=C(CBr)C1(c2ccc(Cl)cc2)CCC1.O[C@@H](CBr)C1(c2ccc(Cl)cc2)CCC1.O[C@H](CBr)C1(c2ccc(Cl)cc2)CCC1. The highest BCUT2D eigenvalue weighted by atomic mass is 80.9. The maximum absolute atomic E-state index is 11.9. The van der Waals surface area contributed by atoms with Crippen LogP contribution in [-0.2, 0) is 47.5 Å². The van der Waals surface area contributed by atoms with Crippen molar-refractivity contribution in [3.8, 4) is 6.07 Å². The van der Waals surface area contributed by atoms with Crippen LogP contribution in [0.5, 0.6) is 0 Å². The highest BCUT2D eigenvalue weighted by molar-refractivity contribution is 9.93. The molecule has 5 saturated carbocycles. The number of aliphatic hydroxyl groups is 2. The smallest absolute Gasteiger partial charge is 0.221 e. The van der Waals surface area contributed by atoms with E-state index in [2.05, 4.69) is 227 Å². The molecule has 9 aromatic carbocycles. The third-order valence-electron chi connectivity index (χ3n) is 27.5. The Bertz CT molecular complexity index is 4340. The minimum Gasteiger partial charge on any atom is -0.391 e. The third kappa shape index (κ3) is 20.0. The van der Waals surface area contributed by atoms with Gasteiger partial charge in [-0.05, 0) is 240 Å². The number of rotatable bonds is 16. The van der Waals surface area contributed by atoms with Crippen molar-refractivity contribution in [1.82, 2.24) is 9.62 Å². The molecule has 4 aliphatic heterocycles. The molecule has 4 heterocycles. The standard InChI is InChI=1S/2C19H22BN.2C12H14BrClO.C12H12BrClO.C12H13ClO.C11H10ClN.Br2/c2*1-20-15-19(16-9-4-2-5-10-16,17-11-6-3-7-12-17)18-13-8-14-21(18)20;3*13-8-11(15)12(6-1-7-12)9-2-4-10(14)5-3-9;1-9(14)12(7-2-8-12)10-3-5-11(13)6-4-10;12-10-4-2-9(3-5-10)11(8-13)6-1-7-11;1-2/h2*2-7,9-12,18H,8,13-15H2,1H3;2*2-5,11,15H,1,6-8H2;2-5H,1,6-8H2;3-6H,2,7-8H2,1H3;2-5H,1,6-7H2;/t2*18-;2*11-;;;;/m1010..../s1. The normalized spacial score (nSPS) is 20.9. The van der Waals surface area contributed by atoms with Gasteiger partial charge in [-0.15, -0.1) is 0 Å². The van der Waals surface area contributed by atoms with E-state index in [-0.39, 0.29) is 61.7 Å². The Kier molecular flexibility index (Phi) is 33.9. The van der Waals surface area contributed by atoms with Crippen LogP contribution in [0.2, 0.25) is 51.4 Å². The zero-order valence-electron chi connectivity index (χ0n) is 66.8. The predicted octanol–water partition coefficient (Wildman–Crippen LogP) is 27.2. The summed E-state index contributed by atoms with van der Waals surface area (Å²) in [6, 6.07) is 87.2. The largest absolute Gasteiger partial charge is 0.391 e. The van der Waals surface area contributed by atoms with E-state index in [0.717, 1.165) is 125 Å². The Morgan fingerprint density at radius 2 is 0.681 bits per heavy atom. The van der Waals surface area contributed by atoms with Crippen LogP contribution in [0, 0.1) is 11.3 Å². The van der Waals surface area contributed by atoms with Gasteiger partial charge in [-0.2, -0.15) is 5.26 Å². The summed E-state index contributed by atoms with van der Waals surface area (Å²) in [5, 5.41) is 34.6. The summed E-state index contributed by atoms with van der Waals surface area (Å²) in [5.74, 6) is 0.571.